The van der Waals surface area contributed by atoms with E-state index in [-0.39, 0.29) is 0 Å². The molecule has 0 amide bonds. The Morgan fingerprint density at radius 3 is 2.78 bits per heavy atom. The molecule has 0 aliphatic heterocycles. The average molecular weight is 247 g/mol. The third kappa shape index (κ3) is 4.31. The van der Waals surface area contributed by atoms with Crippen LogP contribution in [0.2, 0.25) is 0 Å². The van der Waals surface area contributed by atoms with Crippen LogP contribution in [0, 0.1) is 11.8 Å². The van der Waals surface area contributed by atoms with E-state index < -0.39 is 0 Å². The molecule has 0 bridgehead atoms. The number of hydrogen-bond donors (Lipinski definition) is 1. The van der Waals surface area contributed by atoms with Crippen molar-refractivity contribution >= 4 is 0 Å². The van der Waals surface area contributed by atoms with Gasteiger partial charge in [0.05, 0.1) is 13.2 Å². The van der Waals surface area contributed by atoms with Gasteiger partial charge in [0.25, 0.3) is 0 Å². The summed E-state index contributed by atoms with van der Waals surface area (Å²) >= 11 is 0. The third-order valence-electron chi connectivity index (χ3n) is 2.38. The third-order valence-corrected chi connectivity index (χ3v) is 2.38. The van der Waals surface area contributed by atoms with Crippen LogP contribution in [-0.2, 0) is 6.54 Å². The van der Waals surface area contributed by atoms with Gasteiger partial charge < -0.3 is 14.8 Å². The van der Waals surface area contributed by atoms with Crippen molar-refractivity contribution in [1.29, 1.82) is 0 Å². The van der Waals surface area contributed by atoms with Gasteiger partial charge >= 0.3 is 0 Å². The van der Waals surface area contributed by atoms with Crippen molar-refractivity contribution in [3.63, 3.8) is 0 Å². The summed E-state index contributed by atoms with van der Waals surface area (Å²) in [5.41, 5.74) is 1.10. The molecule has 0 saturated heterocycles. The smallest absolute Gasteiger partial charge is 0.165 e. The maximum absolute atomic E-state index is 5.81. The van der Waals surface area contributed by atoms with E-state index in [1.54, 1.807) is 0 Å². The lowest BCUT2D eigenvalue weighted by atomic mass is 10.2. The van der Waals surface area contributed by atoms with Crippen molar-refractivity contribution in [2.24, 2.45) is 0 Å². The summed E-state index contributed by atoms with van der Waals surface area (Å²) in [6, 6.07) is 5.96. The lowest BCUT2D eigenvalue weighted by Crippen LogP contribution is -2.09. The molecule has 3 heteroatoms. The molecule has 1 aromatic carbocycles. The van der Waals surface area contributed by atoms with Crippen molar-refractivity contribution in [2.75, 3.05) is 20.3 Å². The highest BCUT2D eigenvalue weighted by atomic mass is 16.5. The van der Waals surface area contributed by atoms with Crippen LogP contribution in [0.5, 0.6) is 11.5 Å². The van der Waals surface area contributed by atoms with Crippen LogP contribution in [-0.4, -0.2) is 20.3 Å². The normalized spacial score (nSPS) is 9.50. The summed E-state index contributed by atoms with van der Waals surface area (Å²) in [6.07, 6.45) is 0.732. The zero-order chi connectivity index (χ0) is 13.2. The molecule has 0 radical (unpaired) electrons. The number of nitrogens with one attached hydrogen (secondary N) is 1. The summed E-state index contributed by atoms with van der Waals surface area (Å²) in [4.78, 5) is 0. The van der Waals surface area contributed by atoms with Crippen LogP contribution in [0.1, 0.15) is 25.8 Å². The fraction of sp³-hybridized carbons (Fsp3) is 0.467. The number of hydrogen-bond acceptors (Lipinski definition) is 3. The number of rotatable bonds is 7. The molecule has 3 nitrogen and oxygen atoms in total. The van der Waals surface area contributed by atoms with Gasteiger partial charge in [-0.2, -0.15) is 0 Å². The van der Waals surface area contributed by atoms with Gasteiger partial charge in [-0.3, -0.25) is 0 Å². The van der Waals surface area contributed by atoms with Gasteiger partial charge in [-0.25, -0.2) is 0 Å². The first-order valence-corrected chi connectivity index (χ1v) is 6.25. The minimum Gasteiger partial charge on any atom is -0.490 e. The Kier molecular flexibility index (Phi) is 6.75. The predicted molar refractivity (Wildman–Crippen MR) is 73.9 cm³/mol. The van der Waals surface area contributed by atoms with E-state index in [4.69, 9.17) is 9.47 Å². The predicted octanol–water partition coefficient (Wildman–Crippen LogP) is 2.60. The minimum atomic E-state index is 0.585. The van der Waals surface area contributed by atoms with E-state index >= 15 is 0 Å². The Morgan fingerprint density at radius 2 is 2.11 bits per heavy atom. The van der Waals surface area contributed by atoms with E-state index in [0.717, 1.165) is 30.0 Å². The van der Waals surface area contributed by atoms with E-state index in [2.05, 4.69) is 17.2 Å². The fourth-order valence-electron chi connectivity index (χ4n) is 1.65. The van der Waals surface area contributed by atoms with Gasteiger partial charge in [-0.15, -0.1) is 11.8 Å². The fourth-order valence-corrected chi connectivity index (χ4v) is 1.65. The summed E-state index contributed by atoms with van der Waals surface area (Å²) < 4.78 is 11.4. The second-order valence-electron chi connectivity index (χ2n) is 3.73. The Balaban J connectivity index is 2.82. The van der Waals surface area contributed by atoms with Crippen molar-refractivity contribution in [1.82, 2.24) is 5.32 Å². The van der Waals surface area contributed by atoms with E-state index in [1.165, 1.54) is 0 Å². The molecule has 0 heterocycles. The summed E-state index contributed by atoms with van der Waals surface area (Å²) in [5, 5.41) is 3.13. The first kappa shape index (κ1) is 14.4. The van der Waals surface area contributed by atoms with E-state index in [1.807, 2.05) is 39.1 Å². The second-order valence-corrected chi connectivity index (χ2v) is 3.73. The quantitative estimate of drug-likeness (QED) is 0.593. The van der Waals surface area contributed by atoms with E-state index in [0.29, 0.717) is 13.2 Å². The van der Waals surface area contributed by atoms with Crippen LogP contribution < -0.4 is 14.8 Å². The van der Waals surface area contributed by atoms with Crippen molar-refractivity contribution in [3.8, 4) is 23.3 Å². The molecule has 0 aliphatic carbocycles. The first-order valence-electron chi connectivity index (χ1n) is 6.25. The topological polar surface area (TPSA) is 30.5 Å². The number of benzene rings is 1. The molecule has 1 aromatic rings. The maximum atomic E-state index is 5.81. The molecule has 1 N–H and O–H groups in total. The standard InChI is InChI=1S/C15H21NO2/c1-4-6-7-11-18-15-13(12-16-3)9-8-10-14(15)17-5-2/h8-10,16H,5,7,11-12H2,1-3H3. The van der Waals surface area contributed by atoms with Gasteiger partial charge in [0.2, 0.25) is 0 Å². The molecule has 98 valence electrons. The van der Waals surface area contributed by atoms with Crippen molar-refractivity contribution < 1.29 is 9.47 Å². The Morgan fingerprint density at radius 1 is 1.28 bits per heavy atom. The van der Waals surface area contributed by atoms with Crippen molar-refractivity contribution in [2.45, 2.75) is 26.8 Å². The highest BCUT2D eigenvalue weighted by Crippen LogP contribution is 2.31. The molecule has 0 atom stereocenters. The van der Waals surface area contributed by atoms with Gasteiger partial charge in [0.15, 0.2) is 11.5 Å². The lowest BCUT2D eigenvalue weighted by molar-refractivity contribution is 0.279. The Hall–Kier alpha value is -1.66. The van der Waals surface area contributed by atoms with Crippen LogP contribution >= 0.6 is 0 Å². The highest BCUT2D eigenvalue weighted by molar-refractivity contribution is 5.46. The monoisotopic (exact) mass is 247 g/mol. The van der Waals surface area contributed by atoms with E-state index in [9.17, 15) is 0 Å². The minimum absolute atomic E-state index is 0.585. The SMILES string of the molecule is CC#CCCOc1c(CNC)cccc1OCC. The largest absolute Gasteiger partial charge is 0.490 e. The highest BCUT2D eigenvalue weighted by Gasteiger charge is 2.10. The zero-order valence-corrected chi connectivity index (χ0v) is 11.4. The molecule has 1 rings (SSSR count). The van der Waals surface area contributed by atoms with Crippen molar-refractivity contribution in [3.05, 3.63) is 23.8 Å². The second kappa shape index (κ2) is 8.43. The molecule has 18 heavy (non-hydrogen) atoms. The first-order chi connectivity index (χ1) is 8.83. The van der Waals surface area contributed by atoms with Crippen LogP contribution in [0.25, 0.3) is 0 Å². The summed E-state index contributed by atoms with van der Waals surface area (Å²) in [5.74, 6) is 7.48. The molecule has 0 saturated carbocycles. The number of ether oxygens (including phenoxy) is 2. The molecular formula is C15H21NO2. The Bertz CT molecular complexity index is 394. The zero-order valence-electron chi connectivity index (χ0n) is 11.4. The molecule has 0 spiro atoms. The maximum Gasteiger partial charge on any atom is 0.165 e. The molecule has 0 aromatic heterocycles. The van der Waals surface area contributed by atoms with Gasteiger partial charge in [-0.1, -0.05) is 12.1 Å². The Labute approximate surface area is 109 Å². The molecular weight excluding hydrogens is 226 g/mol. The van der Waals surface area contributed by atoms with Gasteiger partial charge in [0, 0.05) is 18.5 Å². The van der Waals surface area contributed by atoms with Gasteiger partial charge in [-0.05, 0) is 27.0 Å². The van der Waals surface area contributed by atoms with Crippen LogP contribution in [0.4, 0.5) is 0 Å². The summed E-state index contributed by atoms with van der Waals surface area (Å²) in [6.45, 7) is 5.78. The molecule has 0 fully saturated rings. The molecule has 0 aliphatic rings. The molecule has 0 unspecified atom stereocenters. The summed E-state index contributed by atoms with van der Waals surface area (Å²) in [7, 11) is 1.92. The lowest BCUT2D eigenvalue weighted by Gasteiger charge is -2.15. The van der Waals surface area contributed by atoms with Crippen LogP contribution in [0.3, 0.4) is 0 Å². The van der Waals surface area contributed by atoms with Gasteiger partial charge in [0.1, 0.15) is 0 Å². The number of para-hydroxylation sites is 1. The average Bonchev–Trinajstić information content (AvgIpc) is 2.38. The van der Waals surface area contributed by atoms with Crippen LogP contribution in [0.15, 0.2) is 18.2 Å².